The molecule has 4 atom stereocenters. The maximum Gasteiger partial charge on any atom is 0.224 e. The molecule has 0 amide bonds. The second-order valence-electron chi connectivity index (χ2n) is 6.72. The summed E-state index contributed by atoms with van der Waals surface area (Å²) in [7, 11) is 0. The van der Waals surface area contributed by atoms with Crippen LogP contribution in [0.25, 0.3) is 11.2 Å². The van der Waals surface area contributed by atoms with Gasteiger partial charge >= 0.3 is 0 Å². The number of imidazole rings is 2. The topological polar surface area (TPSA) is 161 Å². The summed E-state index contributed by atoms with van der Waals surface area (Å²) in [5, 5.41) is 9.90. The molecule has 0 radical (unpaired) electrons. The highest BCUT2D eigenvalue weighted by molar-refractivity contribution is 5.82. The predicted octanol–water partition coefficient (Wildman–Crippen LogP) is -0.240. The van der Waals surface area contributed by atoms with Crippen molar-refractivity contribution in [3.63, 3.8) is 0 Å². The quantitative estimate of drug-likeness (QED) is 0.427. The van der Waals surface area contributed by atoms with Gasteiger partial charge in [-0.15, -0.1) is 0 Å². The maximum atomic E-state index is 9.90. The number of unbranched alkanes of at least 4 members (excludes halogenated alkanes) is 1. The zero-order chi connectivity index (χ0) is 20.4. The van der Waals surface area contributed by atoms with Crippen LogP contribution in [0.2, 0.25) is 0 Å². The van der Waals surface area contributed by atoms with E-state index in [0.29, 0.717) is 17.8 Å². The van der Waals surface area contributed by atoms with Crippen molar-refractivity contribution < 1.29 is 19.4 Å². The Balaban J connectivity index is 1.70. The van der Waals surface area contributed by atoms with Crippen LogP contribution in [0.15, 0.2) is 25.0 Å². The van der Waals surface area contributed by atoms with Crippen molar-refractivity contribution in [1.82, 2.24) is 29.2 Å². The highest BCUT2D eigenvalue weighted by Gasteiger charge is 2.49. The largest absolute Gasteiger partial charge is 0.404 e. The van der Waals surface area contributed by atoms with Crippen molar-refractivity contribution in [2.45, 2.75) is 44.3 Å². The minimum absolute atomic E-state index is 0.0307. The summed E-state index contributed by atoms with van der Waals surface area (Å²) in [5.41, 5.74) is 12.5. The normalized spacial score (nSPS) is 24.3. The van der Waals surface area contributed by atoms with E-state index in [1.807, 2.05) is 0 Å². The fraction of sp³-hybridized carbons (Fsp3) is 0.529. The summed E-state index contributed by atoms with van der Waals surface area (Å²) in [4.78, 5) is 22.4. The monoisotopic (exact) mass is 404 g/mol. The number of hydrogen-bond acceptors (Lipinski definition) is 10. The van der Waals surface area contributed by atoms with Crippen LogP contribution in [0.1, 0.15) is 26.0 Å². The molecule has 12 nitrogen and oxygen atoms in total. The number of rotatable bonds is 8. The third-order valence-corrected chi connectivity index (χ3v) is 4.74. The summed E-state index contributed by atoms with van der Waals surface area (Å²) < 4.78 is 15.4. The van der Waals surface area contributed by atoms with Crippen LogP contribution < -0.4 is 16.3 Å². The van der Waals surface area contributed by atoms with Crippen molar-refractivity contribution >= 4 is 22.9 Å². The molecule has 1 fully saturated rings. The van der Waals surface area contributed by atoms with E-state index < -0.39 is 24.5 Å². The number of nitrogens with two attached hydrogens (primary N) is 2. The second-order valence-corrected chi connectivity index (χ2v) is 6.72. The summed E-state index contributed by atoms with van der Waals surface area (Å²) in [6.45, 7) is 2.33. The van der Waals surface area contributed by atoms with Crippen LogP contribution in [0, 0.1) is 0 Å². The SMILES string of the molecule is CCCCO[C@@H]1[C@H](On2ccnc2)[C@@H](CO)O[C@H]1n1cnc2c(N)nc(N)nc21. The number of fused-ring (bicyclic) bond motifs is 1. The summed E-state index contributed by atoms with van der Waals surface area (Å²) >= 11 is 0. The molecule has 0 aromatic carbocycles. The van der Waals surface area contributed by atoms with Crippen molar-refractivity contribution in [1.29, 1.82) is 0 Å². The van der Waals surface area contributed by atoms with Crippen molar-refractivity contribution in [3.05, 3.63) is 25.0 Å². The lowest BCUT2D eigenvalue weighted by molar-refractivity contribution is -0.0824. The lowest BCUT2D eigenvalue weighted by Crippen LogP contribution is -2.43. The summed E-state index contributed by atoms with van der Waals surface area (Å²) in [5.74, 6) is 0.209. The van der Waals surface area contributed by atoms with Gasteiger partial charge in [-0.3, -0.25) is 4.57 Å². The number of nitrogens with zero attached hydrogens (tertiary/aromatic N) is 6. The van der Waals surface area contributed by atoms with Gasteiger partial charge in [0.1, 0.15) is 24.1 Å². The van der Waals surface area contributed by atoms with E-state index >= 15 is 0 Å². The lowest BCUT2D eigenvalue weighted by atomic mass is 10.1. The molecule has 4 heterocycles. The Kier molecular flexibility index (Phi) is 5.47. The first-order valence-electron chi connectivity index (χ1n) is 9.41. The molecule has 0 spiro atoms. The van der Waals surface area contributed by atoms with Gasteiger partial charge in [0, 0.05) is 12.8 Å². The molecule has 3 aromatic rings. The van der Waals surface area contributed by atoms with Gasteiger partial charge in [0.15, 0.2) is 23.8 Å². The molecule has 0 aliphatic carbocycles. The van der Waals surface area contributed by atoms with Crippen molar-refractivity contribution in [2.75, 3.05) is 24.7 Å². The van der Waals surface area contributed by atoms with Gasteiger partial charge in [-0.1, -0.05) is 13.3 Å². The van der Waals surface area contributed by atoms with Crippen LogP contribution in [0.3, 0.4) is 0 Å². The fourth-order valence-corrected chi connectivity index (χ4v) is 3.34. The standard InChI is InChI=1S/C17H24N8O4/c1-2-3-6-27-13-12(29-24-5-4-20-8-24)10(7-26)28-16(13)25-9-21-11-14(18)22-17(19)23-15(11)25/h4-5,8-10,12-13,16,26H,2-3,6-7H2,1H3,(H4,18,19,22,23)/t10-,12-,13-,16-/m1/s1. The molecule has 1 aliphatic heterocycles. The Morgan fingerprint density at radius 1 is 1.24 bits per heavy atom. The Morgan fingerprint density at radius 2 is 2.10 bits per heavy atom. The van der Waals surface area contributed by atoms with Crippen LogP contribution in [-0.4, -0.2) is 65.9 Å². The number of aliphatic hydroxyl groups excluding tert-OH is 1. The fourth-order valence-electron chi connectivity index (χ4n) is 3.34. The average molecular weight is 404 g/mol. The number of anilines is 2. The van der Waals surface area contributed by atoms with E-state index in [9.17, 15) is 5.11 Å². The highest BCUT2D eigenvalue weighted by atomic mass is 16.7. The molecule has 156 valence electrons. The van der Waals surface area contributed by atoms with Gasteiger partial charge in [0.2, 0.25) is 5.95 Å². The summed E-state index contributed by atoms with van der Waals surface area (Å²) in [6, 6.07) is 0. The molecular formula is C17H24N8O4. The van der Waals surface area contributed by atoms with Gasteiger partial charge in [-0.05, 0) is 6.42 Å². The zero-order valence-corrected chi connectivity index (χ0v) is 16.0. The van der Waals surface area contributed by atoms with E-state index in [0.717, 1.165) is 12.8 Å². The third-order valence-electron chi connectivity index (χ3n) is 4.74. The number of ether oxygens (including phenoxy) is 2. The first kappa shape index (κ1) is 19.4. The smallest absolute Gasteiger partial charge is 0.224 e. The average Bonchev–Trinajstić information content (AvgIpc) is 3.42. The van der Waals surface area contributed by atoms with Crippen LogP contribution in [-0.2, 0) is 9.47 Å². The lowest BCUT2D eigenvalue weighted by Gasteiger charge is -2.25. The predicted molar refractivity (Wildman–Crippen MR) is 102 cm³/mol. The van der Waals surface area contributed by atoms with Gasteiger partial charge < -0.3 is 30.9 Å². The maximum absolute atomic E-state index is 9.90. The molecule has 0 bridgehead atoms. The molecule has 1 saturated heterocycles. The van der Waals surface area contributed by atoms with E-state index in [4.69, 9.17) is 25.8 Å². The number of hydrogen-bond donors (Lipinski definition) is 3. The Morgan fingerprint density at radius 3 is 2.83 bits per heavy atom. The van der Waals surface area contributed by atoms with Crippen LogP contribution in [0.4, 0.5) is 11.8 Å². The van der Waals surface area contributed by atoms with E-state index in [1.165, 1.54) is 11.1 Å². The number of aliphatic hydroxyl groups is 1. The Hall–Kier alpha value is -2.96. The molecule has 4 rings (SSSR count). The highest BCUT2D eigenvalue weighted by Crippen LogP contribution is 2.35. The minimum Gasteiger partial charge on any atom is -0.404 e. The van der Waals surface area contributed by atoms with Crippen molar-refractivity contribution in [2.24, 2.45) is 0 Å². The minimum atomic E-state index is -0.656. The second kappa shape index (κ2) is 8.19. The molecule has 0 saturated carbocycles. The van der Waals surface area contributed by atoms with E-state index in [-0.39, 0.29) is 18.4 Å². The van der Waals surface area contributed by atoms with E-state index in [1.54, 1.807) is 23.3 Å². The van der Waals surface area contributed by atoms with Gasteiger partial charge in [0.25, 0.3) is 0 Å². The Bertz CT molecular complexity index is 946. The first-order valence-corrected chi connectivity index (χ1v) is 9.41. The zero-order valence-electron chi connectivity index (χ0n) is 16.0. The molecule has 12 heteroatoms. The van der Waals surface area contributed by atoms with Gasteiger partial charge in [-0.2, -0.15) is 14.7 Å². The molecule has 0 unspecified atom stereocenters. The Labute approximate surface area is 166 Å². The summed E-state index contributed by atoms with van der Waals surface area (Å²) in [6.07, 6.45) is 5.74. The van der Waals surface area contributed by atoms with E-state index in [2.05, 4.69) is 26.9 Å². The molecular weight excluding hydrogens is 380 g/mol. The first-order chi connectivity index (χ1) is 14.1. The number of nitrogen functional groups attached to an aromatic ring is 2. The van der Waals surface area contributed by atoms with Crippen LogP contribution >= 0.6 is 0 Å². The molecule has 1 aliphatic rings. The van der Waals surface area contributed by atoms with Gasteiger partial charge in [-0.25, -0.2) is 9.97 Å². The molecule has 5 N–H and O–H groups in total. The molecule has 3 aromatic heterocycles. The van der Waals surface area contributed by atoms with Crippen molar-refractivity contribution in [3.8, 4) is 0 Å². The van der Waals surface area contributed by atoms with Gasteiger partial charge in [0.05, 0.1) is 19.1 Å². The number of aromatic nitrogens is 6. The molecule has 29 heavy (non-hydrogen) atoms. The third kappa shape index (κ3) is 3.69. The van der Waals surface area contributed by atoms with Crippen LogP contribution in [0.5, 0.6) is 0 Å².